The molecule has 16 heavy (non-hydrogen) atoms. The summed E-state index contributed by atoms with van der Waals surface area (Å²) in [5.74, 6) is -0.0625. The van der Waals surface area contributed by atoms with Crippen molar-refractivity contribution in [1.82, 2.24) is 4.98 Å². The third-order valence-electron chi connectivity index (χ3n) is 2.10. The third-order valence-corrected chi connectivity index (χ3v) is 2.10. The zero-order valence-electron chi connectivity index (χ0n) is 8.88. The van der Waals surface area contributed by atoms with Gasteiger partial charge in [0.1, 0.15) is 0 Å². The van der Waals surface area contributed by atoms with E-state index in [1.54, 1.807) is 36.5 Å². The summed E-state index contributed by atoms with van der Waals surface area (Å²) in [5, 5.41) is 0. The summed E-state index contributed by atoms with van der Waals surface area (Å²) in [4.78, 5) is 15.6. The van der Waals surface area contributed by atoms with Crippen molar-refractivity contribution in [3.63, 3.8) is 0 Å². The van der Waals surface area contributed by atoms with Crippen LogP contribution in [0.2, 0.25) is 0 Å². The summed E-state index contributed by atoms with van der Waals surface area (Å²) in [6.07, 6.45) is 1.61. The van der Waals surface area contributed by atoms with Gasteiger partial charge in [-0.15, -0.1) is 0 Å². The van der Waals surface area contributed by atoms with E-state index in [-0.39, 0.29) is 0 Å². The molecule has 0 N–H and O–H groups in total. The molecule has 1 aromatic carbocycles. The molecule has 1 heterocycles. The minimum atomic E-state index is -0.390. The molecule has 0 bridgehead atoms. The van der Waals surface area contributed by atoms with Crippen LogP contribution in [0.25, 0.3) is 0 Å². The van der Waals surface area contributed by atoms with Crippen LogP contribution in [0.1, 0.15) is 15.9 Å². The van der Waals surface area contributed by atoms with Gasteiger partial charge in [-0.05, 0) is 30.7 Å². The molecular formula is C13H11NO2. The fourth-order valence-electron chi connectivity index (χ4n) is 1.29. The van der Waals surface area contributed by atoms with Gasteiger partial charge in [0.2, 0.25) is 5.88 Å². The first-order chi connectivity index (χ1) is 7.75. The number of carbonyl (C=O) groups is 1. The van der Waals surface area contributed by atoms with Crippen LogP contribution >= 0.6 is 0 Å². The molecule has 0 radical (unpaired) electrons. The summed E-state index contributed by atoms with van der Waals surface area (Å²) in [6, 6.07) is 12.4. The van der Waals surface area contributed by atoms with Gasteiger partial charge in [0.15, 0.2) is 0 Å². The minimum Gasteiger partial charge on any atom is -0.404 e. The van der Waals surface area contributed by atoms with Crippen molar-refractivity contribution in [1.29, 1.82) is 0 Å². The topological polar surface area (TPSA) is 39.2 Å². The average Bonchev–Trinajstić information content (AvgIpc) is 2.30. The first kappa shape index (κ1) is 10.4. The van der Waals surface area contributed by atoms with Crippen LogP contribution in [0, 0.1) is 6.92 Å². The highest BCUT2D eigenvalue weighted by Gasteiger charge is 2.07. The van der Waals surface area contributed by atoms with Gasteiger partial charge < -0.3 is 4.74 Å². The number of aryl methyl sites for hydroxylation is 1. The lowest BCUT2D eigenvalue weighted by molar-refractivity contribution is 0.0727. The molecule has 0 spiro atoms. The highest BCUT2D eigenvalue weighted by Crippen LogP contribution is 2.10. The van der Waals surface area contributed by atoms with Crippen molar-refractivity contribution in [2.45, 2.75) is 6.92 Å². The summed E-state index contributed by atoms with van der Waals surface area (Å²) in [5.41, 5.74) is 1.52. The van der Waals surface area contributed by atoms with Crippen LogP contribution in [-0.4, -0.2) is 11.0 Å². The number of carbonyl (C=O) groups excluding carboxylic acids is 1. The van der Waals surface area contributed by atoms with Gasteiger partial charge in [0, 0.05) is 12.3 Å². The van der Waals surface area contributed by atoms with Gasteiger partial charge in [-0.2, -0.15) is 0 Å². The molecule has 2 rings (SSSR count). The van der Waals surface area contributed by atoms with Crippen molar-refractivity contribution >= 4 is 5.97 Å². The lowest BCUT2D eigenvalue weighted by Crippen LogP contribution is -2.09. The van der Waals surface area contributed by atoms with Crippen LogP contribution in [0.15, 0.2) is 48.7 Å². The summed E-state index contributed by atoms with van der Waals surface area (Å²) < 4.78 is 5.13. The standard InChI is InChI=1S/C13H11NO2/c1-10-7-8-14-12(9-10)16-13(15)11-5-3-2-4-6-11/h2-9H,1H3. The molecule has 0 unspecified atom stereocenters. The number of nitrogens with zero attached hydrogens (tertiary/aromatic N) is 1. The van der Waals surface area contributed by atoms with Crippen molar-refractivity contribution in [2.75, 3.05) is 0 Å². The minimum absolute atomic E-state index is 0.328. The summed E-state index contributed by atoms with van der Waals surface area (Å²) in [7, 11) is 0. The Kier molecular flexibility index (Phi) is 2.96. The Morgan fingerprint density at radius 1 is 1.19 bits per heavy atom. The Balaban J connectivity index is 2.14. The molecule has 0 atom stereocenters. The van der Waals surface area contributed by atoms with E-state index in [2.05, 4.69) is 4.98 Å². The van der Waals surface area contributed by atoms with Crippen molar-refractivity contribution in [2.24, 2.45) is 0 Å². The van der Waals surface area contributed by atoms with E-state index < -0.39 is 5.97 Å². The molecule has 0 fully saturated rings. The van der Waals surface area contributed by atoms with Gasteiger partial charge in [-0.3, -0.25) is 0 Å². The molecule has 3 nitrogen and oxygen atoms in total. The Bertz CT molecular complexity index is 494. The van der Waals surface area contributed by atoms with E-state index >= 15 is 0 Å². The molecule has 2 aromatic rings. The first-order valence-corrected chi connectivity index (χ1v) is 4.95. The SMILES string of the molecule is Cc1ccnc(OC(=O)c2ccccc2)c1. The smallest absolute Gasteiger partial charge is 0.344 e. The Morgan fingerprint density at radius 2 is 1.94 bits per heavy atom. The van der Waals surface area contributed by atoms with Crippen LogP contribution < -0.4 is 4.74 Å². The first-order valence-electron chi connectivity index (χ1n) is 4.95. The summed E-state index contributed by atoms with van der Waals surface area (Å²) in [6.45, 7) is 1.92. The number of benzene rings is 1. The predicted molar refractivity (Wildman–Crippen MR) is 60.4 cm³/mol. The van der Waals surface area contributed by atoms with Gasteiger partial charge in [0.25, 0.3) is 0 Å². The highest BCUT2D eigenvalue weighted by molar-refractivity contribution is 5.90. The maximum absolute atomic E-state index is 11.7. The van der Waals surface area contributed by atoms with Crippen LogP contribution in [0.5, 0.6) is 5.88 Å². The molecule has 0 aliphatic rings. The Labute approximate surface area is 93.7 Å². The molecule has 0 saturated heterocycles. The molecule has 1 aromatic heterocycles. The quantitative estimate of drug-likeness (QED) is 0.720. The number of aromatic nitrogens is 1. The van der Waals surface area contributed by atoms with Crippen LogP contribution in [0.4, 0.5) is 0 Å². The second-order valence-corrected chi connectivity index (χ2v) is 3.43. The van der Waals surface area contributed by atoms with Gasteiger partial charge in [0.05, 0.1) is 5.56 Å². The number of esters is 1. The predicted octanol–water partition coefficient (Wildman–Crippen LogP) is 2.61. The number of hydrogen-bond donors (Lipinski definition) is 0. The Morgan fingerprint density at radius 3 is 2.62 bits per heavy atom. The zero-order chi connectivity index (χ0) is 11.4. The van der Waals surface area contributed by atoms with Gasteiger partial charge >= 0.3 is 5.97 Å². The molecule has 0 aliphatic heterocycles. The Hall–Kier alpha value is -2.16. The maximum Gasteiger partial charge on any atom is 0.344 e. The second-order valence-electron chi connectivity index (χ2n) is 3.43. The number of pyridine rings is 1. The van der Waals surface area contributed by atoms with Crippen molar-refractivity contribution in [3.05, 3.63) is 59.8 Å². The zero-order valence-corrected chi connectivity index (χ0v) is 8.88. The third kappa shape index (κ3) is 2.45. The van der Waals surface area contributed by atoms with Crippen LogP contribution in [0.3, 0.4) is 0 Å². The van der Waals surface area contributed by atoms with E-state index in [0.29, 0.717) is 11.4 Å². The maximum atomic E-state index is 11.7. The molecular weight excluding hydrogens is 202 g/mol. The van der Waals surface area contributed by atoms with Gasteiger partial charge in [-0.25, -0.2) is 9.78 Å². The number of ether oxygens (including phenoxy) is 1. The van der Waals surface area contributed by atoms with Crippen LogP contribution in [-0.2, 0) is 0 Å². The monoisotopic (exact) mass is 213 g/mol. The largest absolute Gasteiger partial charge is 0.404 e. The summed E-state index contributed by atoms with van der Waals surface area (Å²) >= 11 is 0. The van der Waals surface area contributed by atoms with E-state index in [0.717, 1.165) is 5.56 Å². The lowest BCUT2D eigenvalue weighted by Gasteiger charge is -2.03. The lowest BCUT2D eigenvalue weighted by atomic mass is 10.2. The van der Waals surface area contributed by atoms with E-state index in [1.165, 1.54) is 0 Å². The molecule has 80 valence electrons. The number of rotatable bonds is 2. The van der Waals surface area contributed by atoms with E-state index in [9.17, 15) is 4.79 Å². The molecule has 0 aliphatic carbocycles. The fourth-order valence-corrected chi connectivity index (χ4v) is 1.29. The molecule has 0 saturated carbocycles. The fraction of sp³-hybridized carbons (Fsp3) is 0.0769. The average molecular weight is 213 g/mol. The van der Waals surface area contributed by atoms with Crippen molar-refractivity contribution < 1.29 is 9.53 Å². The number of hydrogen-bond acceptors (Lipinski definition) is 3. The van der Waals surface area contributed by atoms with E-state index in [4.69, 9.17) is 4.74 Å². The normalized spacial score (nSPS) is 9.81. The highest BCUT2D eigenvalue weighted by atomic mass is 16.5. The van der Waals surface area contributed by atoms with Gasteiger partial charge in [-0.1, -0.05) is 18.2 Å². The van der Waals surface area contributed by atoms with Crippen molar-refractivity contribution in [3.8, 4) is 5.88 Å². The van der Waals surface area contributed by atoms with E-state index in [1.807, 2.05) is 19.1 Å². The molecule has 3 heteroatoms. The second kappa shape index (κ2) is 4.57. The molecule has 0 amide bonds.